The van der Waals surface area contributed by atoms with E-state index in [2.05, 4.69) is 12.7 Å². The van der Waals surface area contributed by atoms with Crippen LogP contribution in [-0.4, -0.2) is 27.4 Å². The van der Waals surface area contributed by atoms with Crippen LogP contribution in [-0.2, 0) is 6.42 Å². The summed E-state index contributed by atoms with van der Waals surface area (Å²) in [5, 5.41) is 0. The first-order valence-electron chi connectivity index (χ1n) is 5.74. The van der Waals surface area contributed by atoms with Gasteiger partial charge in [0.1, 0.15) is 5.75 Å². The van der Waals surface area contributed by atoms with Crippen LogP contribution in [0.5, 0.6) is 17.2 Å². The first-order chi connectivity index (χ1) is 8.12. The van der Waals surface area contributed by atoms with Gasteiger partial charge in [-0.1, -0.05) is 0 Å². The molecule has 96 valence electrons. The minimum atomic E-state index is 0.424. The highest BCUT2D eigenvalue weighted by Gasteiger charge is 2.12. The zero-order chi connectivity index (χ0) is 12.8. The summed E-state index contributed by atoms with van der Waals surface area (Å²) in [5.74, 6) is 2.26. The third kappa shape index (κ3) is 3.53. The van der Waals surface area contributed by atoms with Crippen molar-refractivity contribution in [3.8, 4) is 17.2 Å². The average Bonchev–Trinajstić information content (AvgIpc) is 2.34. The summed E-state index contributed by atoms with van der Waals surface area (Å²) in [6, 6.07) is 4.26. The lowest BCUT2D eigenvalue weighted by atomic mass is 10.0. The van der Waals surface area contributed by atoms with E-state index in [4.69, 9.17) is 14.2 Å². The van der Waals surface area contributed by atoms with Gasteiger partial charge in [0.2, 0.25) is 0 Å². The Kier molecular flexibility index (Phi) is 5.10. The molecule has 0 spiro atoms. The number of quaternary nitrogens is 1. The molecule has 0 saturated heterocycles. The number of hydrogen-bond donors (Lipinski definition) is 1. The molecule has 0 aliphatic rings. The summed E-state index contributed by atoms with van der Waals surface area (Å²) in [6.07, 6.45) is 1.94. The van der Waals surface area contributed by atoms with Crippen molar-refractivity contribution in [2.24, 2.45) is 0 Å². The van der Waals surface area contributed by atoms with Gasteiger partial charge in [-0.3, -0.25) is 0 Å². The fraction of sp³-hybridized carbons (Fsp3) is 0.538. The Hall–Kier alpha value is -1.42. The number of rotatable bonds is 6. The highest BCUT2D eigenvalue weighted by Crippen LogP contribution is 2.35. The molecule has 1 rings (SSSR count). The van der Waals surface area contributed by atoms with E-state index < -0.39 is 0 Å². The van der Waals surface area contributed by atoms with Crippen molar-refractivity contribution in [1.29, 1.82) is 0 Å². The van der Waals surface area contributed by atoms with Crippen LogP contribution < -0.4 is 19.9 Å². The summed E-state index contributed by atoms with van der Waals surface area (Å²) in [7, 11) is 4.92. The van der Waals surface area contributed by atoms with E-state index in [9.17, 15) is 0 Å². The van der Waals surface area contributed by atoms with E-state index in [1.807, 2.05) is 12.1 Å². The molecule has 3 N–H and O–H groups in total. The zero-order valence-corrected chi connectivity index (χ0v) is 11.1. The minimum Gasteiger partial charge on any atom is -0.496 e. The highest BCUT2D eigenvalue weighted by molar-refractivity contribution is 5.50. The van der Waals surface area contributed by atoms with Crippen molar-refractivity contribution in [2.75, 3.05) is 21.3 Å². The molecule has 0 aromatic heterocycles. The molecule has 1 atom stereocenters. The summed E-state index contributed by atoms with van der Waals surface area (Å²) < 4.78 is 15.9. The van der Waals surface area contributed by atoms with Gasteiger partial charge in [-0.2, -0.15) is 0 Å². The minimum absolute atomic E-state index is 0.424. The van der Waals surface area contributed by atoms with Gasteiger partial charge in [0.15, 0.2) is 11.5 Å². The predicted molar refractivity (Wildman–Crippen MR) is 66.8 cm³/mol. The summed E-state index contributed by atoms with van der Waals surface area (Å²) >= 11 is 0. The second kappa shape index (κ2) is 6.35. The lowest BCUT2D eigenvalue weighted by Crippen LogP contribution is -2.59. The SMILES string of the molecule is COc1cc(OC)c(OC)cc1CC[C@@H](C)[NH3+]. The van der Waals surface area contributed by atoms with Crippen molar-refractivity contribution >= 4 is 0 Å². The standard InChI is InChI=1S/C13H21NO3/c1-9(14)5-6-10-7-12(16-3)13(17-4)8-11(10)15-2/h7-9H,5-6,14H2,1-4H3/p+1/t9-/m1/s1. The predicted octanol–water partition coefficient (Wildman–Crippen LogP) is 1.28. The fourth-order valence-corrected chi connectivity index (χ4v) is 1.69. The molecule has 0 heterocycles. The van der Waals surface area contributed by atoms with Crippen molar-refractivity contribution in [1.82, 2.24) is 0 Å². The van der Waals surface area contributed by atoms with Gasteiger partial charge in [-0.15, -0.1) is 0 Å². The van der Waals surface area contributed by atoms with E-state index in [1.165, 1.54) is 0 Å². The smallest absolute Gasteiger partial charge is 0.164 e. The molecular formula is C13H22NO3+. The van der Waals surface area contributed by atoms with Gasteiger partial charge in [0, 0.05) is 12.5 Å². The first-order valence-corrected chi connectivity index (χ1v) is 5.74. The molecule has 4 nitrogen and oxygen atoms in total. The normalized spacial score (nSPS) is 12.1. The van der Waals surface area contributed by atoms with Gasteiger partial charge in [0.05, 0.1) is 27.4 Å². The molecule has 0 aliphatic heterocycles. The van der Waals surface area contributed by atoms with Crippen molar-refractivity contribution in [3.63, 3.8) is 0 Å². The largest absolute Gasteiger partial charge is 0.496 e. The topological polar surface area (TPSA) is 55.3 Å². The summed E-state index contributed by atoms with van der Waals surface area (Å²) in [5.41, 5.74) is 5.11. The fourth-order valence-electron chi connectivity index (χ4n) is 1.69. The number of ether oxygens (including phenoxy) is 3. The maximum Gasteiger partial charge on any atom is 0.164 e. The van der Waals surface area contributed by atoms with Crippen LogP contribution in [0.2, 0.25) is 0 Å². The quantitative estimate of drug-likeness (QED) is 0.815. The summed E-state index contributed by atoms with van der Waals surface area (Å²) in [6.45, 7) is 2.10. The second-order valence-electron chi connectivity index (χ2n) is 4.16. The maximum absolute atomic E-state index is 5.36. The number of hydrogen-bond acceptors (Lipinski definition) is 3. The van der Waals surface area contributed by atoms with Gasteiger partial charge in [-0.25, -0.2) is 0 Å². The Morgan fingerprint density at radius 1 is 1.00 bits per heavy atom. The van der Waals surface area contributed by atoms with Gasteiger partial charge >= 0.3 is 0 Å². The molecule has 0 radical (unpaired) electrons. The Labute approximate surface area is 103 Å². The van der Waals surface area contributed by atoms with Crippen LogP contribution in [0.1, 0.15) is 18.9 Å². The molecule has 0 saturated carbocycles. The third-order valence-electron chi connectivity index (χ3n) is 2.69. The molecule has 0 unspecified atom stereocenters. The second-order valence-corrected chi connectivity index (χ2v) is 4.16. The van der Waals surface area contributed by atoms with Crippen molar-refractivity contribution < 1.29 is 19.9 Å². The highest BCUT2D eigenvalue weighted by atomic mass is 16.5. The Morgan fingerprint density at radius 2 is 1.53 bits per heavy atom. The van der Waals surface area contributed by atoms with Crippen LogP contribution in [0.15, 0.2) is 12.1 Å². The van der Waals surface area contributed by atoms with E-state index in [-0.39, 0.29) is 0 Å². The molecule has 0 bridgehead atoms. The molecule has 1 aromatic rings. The van der Waals surface area contributed by atoms with E-state index in [0.29, 0.717) is 11.8 Å². The van der Waals surface area contributed by atoms with Crippen LogP contribution in [0.3, 0.4) is 0 Å². The number of aryl methyl sites for hydroxylation is 1. The van der Waals surface area contributed by atoms with Gasteiger partial charge in [-0.05, 0) is 25.0 Å². The van der Waals surface area contributed by atoms with Crippen molar-refractivity contribution in [2.45, 2.75) is 25.8 Å². The first kappa shape index (κ1) is 13.6. The number of methoxy groups -OCH3 is 3. The average molecular weight is 240 g/mol. The molecule has 17 heavy (non-hydrogen) atoms. The Bertz CT molecular complexity index is 364. The van der Waals surface area contributed by atoms with Gasteiger partial charge < -0.3 is 19.9 Å². The van der Waals surface area contributed by atoms with Crippen molar-refractivity contribution in [3.05, 3.63) is 17.7 Å². The monoisotopic (exact) mass is 240 g/mol. The Balaban J connectivity index is 3.01. The van der Waals surface area contributed by atoms with Crippen LogP contribution in [0.4, 0.5) is 0 Å². The summed E-state index contributed by atoms with van der Waals surface area (Å²) in [4.78, 5) is 0. The Morgan fingerprint density at radius 3 is 2.00 bits per heavy atom. The molecular weight excluding hydrogens is 218 g/mol. The number of benzene rings is 1. The maximum atomic E-state index is 5.36. The van der Waals surface area contributed by atoms with E-state index in [1.54, 1.807) is 21.3 Å². The van der Waals surface area contributed by atoms with Gasteiger partial charge in [0.25, 0.3) is 0 Å². The molecule has 0 fully saturated rings. The van der Waals surface area contributed by atoms with E-state index >= 15 is 0 Å². The van der Waals surface area contributed by atoms with E-state index in [0.717, 1.165) is 29.9 Å². The lowest BCUT2D eigenvalue weighted by Gasteiger charge is -2.14. The zero-order valence-electron chi connectivity index (χ0n) is 11.1. The van der Waals surface area contributed by atoms with Crippen LogP contribution >= 0.6 is 0 Å². The lowest BCUT2D eigenvalue weighted by molar-refractivity contribution is -0.415. The molecule has 4 heteroatoms. The molecule has 0 aliphatic carbocycles. The molecule has 1 aromatic carbocycles. The van der Waals surface area contributed by atoms with Crippen LogP contribution in [0.25, 0.3) is 0 Å². The third-order valence-corrected chi connectivity index (χ3v) is 2.69. The molecule has 0 amide bonds. The van der Waals surface area contributed by atoms with Crippen LogP contribution in [0, 0.1) is 0 Å².